The van der Waals surface area contributed by atoms with Crippen LogP contribution in [0.3, 0.4) is 0 Å². The van der Waals surface area contributed by atoms with Crippen molar-refractivity contribution in [2.75, 3.05) is 5.73 Å². The fourth-order valence-electron chi connectivity index (χ4n) is 4.38. The molecule has 0 bridgehead atoms. The van der Waals surface area contributed by atoms with Crippen LogP contribution in [-0.4, -0.2) is 10.1 Å². The number of anilines is 1. The Labute approximate surface area is 147 Å². The highest BCUT2D eigenvalue weighted by Gasteiger charge is 2.48. The van der Waals surface area contributed by atoms with Crippen molar-refractivity contribution in [2.24, 2.45) is 5.92 Å². The van der Waals surface area contributed by atoms with Gasteiger partial charge in [-0.2, -0.15) is 4.98 Å². The van der Waals surface area contributed by atoms with Gasteiger partial charge in [-0.25, -0.2) is 0 Å². The van der Waals surface area contributed by atoms with Crippen LogP contribution in [0.25, 0.3) is 11.1 Å². The van der Waals surface area contributed by atoms with Crippen molar-refractivity contribution in [3.63, 3.8) is 0 Å². The maximum absolute atomic E-state index is 6.72. The van der Waals surface area contributed by atoms with Gasteiger partial charge in [0.25, 0.3) is 0 Å². The van der Waals surface area contributed by atoms with Gasteiger partial charge in [-0.1, -0.05) is 41.6 Å². The molecule has 1 atom stereocenters. The first-order valence-corrected chi connectivity index (χ1v) is 8.90. The molecule has 0 saturated heterocycles. The average molecular weight is 331 g/mol. The van der Waals surface area contributed by atoms with Crippen LogP contribution in [0.4, 0.5) is 5.69 Å². The van der Waals surface area contributed by atoms with Crippen LogP contribution in [0.1, 0.15) is 48.2 Å². The number of rotatable bonds is 3. The van der Waals surface area contributed by atoms with Crippen LogP contribution in [0.15, 0.2) is 40.9 Å². The van der Waals surface area contributed by atoms with Crippen molar-refractivity contribution in [3.05, 3.63) is 64.8 Å². The number of aryl methyl sites for hydroxylation is 1. The summed E-state index contributed by atoms with van der Waals surface area (Å²) in [6.45, 7) is 4.06. The summed E-state index contributed by atoms with van der Waals surface area (Å²) in [5.41, 5.74) is 13.6. The Hall–Kier alpha value is -2.62. The van der Waals surface area contributed by atoms with E-state index in [1.807, 2.05) is 6.92 Å². The molecule has 0 radical (unpaired) electrons. The van der Waals surface area contributed by atoms with E-state index in [9.17, 15) is 0 Å². The van der Waals surface area contributed by atoms with Crippen molar-refractivity contribution in [1.82, 2.24) is 10.1 Å². The lowest BCUT2D eigenvalue weighted by atomic mass is 9.75. The van der Waals surface area contributed by atoms with Crippen LogP contribution >= 0.6 is 0 Å². The van der Waals surface area contributed by atoms with Gasteiger partial charge in [0, 0.05) is 19.0 Å². The summed E-state index contributed by atoms with van der Waals surface area (Å²) in [5.74, 6) is 1.89. The number of hydrogen-bond donors (Lipinski definition) is 1. The van der Waals surface area contributed by atoms with E-state index in [0.29, 0.717) is 11.8 Å². The summed E-state index contributed by atoms with van der Waals surface area (Å²) >= 11 is 0. The first kappa shape index (κ1) is 14.7. The third-order valence-electron chi connectivity index (χ3n) is 5.98. The highest BCUT2D eigenvalue weighted by atomic mass is 16.5. The van der Waals surface area contributed by atoms with Gasteiger partial charge in [-0.3, -0.25) is 0 Å². The van der Waals surface area contributed by atoms with Crippen molar-refractivity contribution in [3.8, 4) is 11.1 Å². The lowest BCUT2D eigenvalue weighted by Gasteiger charge is -2.29. The van der Waals surface area contributed by atoms with Crippen molar-refractivity contribution in [1.29, 1.82) is 0 Å². The number of benzene rings is 2. The molecule has 3 aromatic rings. The highest BCUT2D eigenvalue weighted by molar-refractivity contribution is 5.83. The molecular weight excluding hydrogens is 310 g/mol. The number of nitrogen functional groups attached to an aromatic ring is 1. The second-order valence-corrected chi connectivity index (χ2v) is 7.50. The Morgan fingerprint density at radius 3 is 2.64 bits per heavy atom. The Morgan fingerprint density at radius 2 is 1.92 bits per heavy atom. The molecule has 0 amide bonds. The molecular formula is C21H21N3O. The zero-order chi connectivity index (χ0) is 17.2. The summed E-state index contributed by atoms with van der Waals surface area (Å²) in [6.07, 6.45) is 3.26. The zero-order valence-corrected chi connectivity index (χ0v) is 14.5. The molecule has 4 nitrogen and oxygen atoms in total. The number of nitrogens with zero attached hydrogens (tertiary/aromatic N) is 2. The Kier molecular flexibility index (Phi) is 2.91. The van der Waals surface area contributed by atoms with E-state index in [1.165, 1.54) is 35.1 Å². The normalized spacial score (nSPS) is 17.8. The molecule has 1 saturated carbocycles. The second kappa shape index (κ2) is 4.94. The van der Waals surface area contributed by atoms with E-state index < -0.39 is 0 Å². The molecule has 0 unspecified atom stereocenters. The monoisotopic (exact) mass is 331 g/mol. The Balaban J connectivity index is 1.69. The molecule has 1 heterocycles. The van der Waals surface area contributed by atoms with Gasteiger partial charge in [0.05, 0.1) is 5.41 Å². The first-order chi connectivity index (χ1) is 12.1. The van der Waals surface area contributed by atoms with Gasteiger partial charge in [-0.15, -0.1) is 0 Å². The fourth-order valence-corrected chi connectivity index (χ4v) is 4.38. The molecule has 2 aliphatic rings. The van der Waals surface area contributed by atoms with Crippen molar-refractivity contribution < 1.29 is 4.52 Å². The van der Waals surface area contributed by atoms with E-state index in [1.54, 1.807) is 0 Å². The molecule has 1 aromatic heterocycles. The van der Waals surface area contributed by atoms with Gasteiger partial charge in [0.1, 0.15) is 0 Å². The minimum Gasteiger partial charge on any atom is -0.398 e. The van der Waals surface area contributed by atoms with Gasteiger partial charge < -0.3 is 10.3 Å². The molecule has 2 N–H and O–H groups in total. The Bertz CT molecular complexity index is 987. The molecule has 0 aliphatic heterocycles. The average Bonchev–Trinajstić information content (AvgIpc) is 3.27. The molecule has 1 fully saturated rings. The predicted molar refractivity (Wildman–Crippen MR) is 97.3 cm³/mol. The van der Waals surface area contributed by atoms with Crippen molar-refractivity contribution in [2.45, 2.75) is 38.5 Å². The van der Waals surface area contributed by atoms with Gasteiger partial charge in [0.15, 0.2) is 5.82 Å². The summed E-state index contributed by atoms with van der Waals surface area (Å²) in [6, 6.07) is 13.0. The maximum atomic E-state index is 6.72. The molecule has 126 valence electrons. The van der Waals surface area contributed by atoms with Crippen LogP contribution in [-0.2, 0) is 11.8 Å². The van der Waals surface area contributed by atoms with Gasteiger partial charge >= 0.3 is 0 Å². The van der Waals surface area contributed by atoms with E-state index in [4.69, 9.17) is 10.3 Å². The quantitative estimate of drug-likeness (QED) is 0.570. The summed E-state index contributed by atoms with van der Waals surface area (Å²) in [5, 5.41) is 4.26. The number of fused-ring (bicyclic) bond motifs is 3. The van der Waals surface area contributed by atoms with E-state index in [2.05, 4.69) is 53.5 Å². The largest absolute Gasteiger partial charge is 0.398 e. The lowest BCUT2D eigenvalue weighted by Crippen LogP contribution is -2.29. The molecule has 0 spiro atoms. The smallest absolute Gasteiger partial charge is 0.223 e. The molecule has 5 rings (SSSR count). The van der Waals surface area contributed by atoms with Gasteiger partial charge in [-0.05, 0) is 53.5 Å². The van der Waals surface area contributed by atoms with Crippen LogP contribution in [0.5, 0.6) is 0 Å². The minimum absolute atomic E-state index is 0.286. The third-order valence-corrected chi connectivity index (χ3v) is 5.98. The zero-order valence-electron chi connectivity index (χ0n) is 14.5. The molecule has 25 heavy (non-hydrogen) atoms. The molecule has 2 aromatic carbocycles. The highest BCUT2D eigenvalue weighted by Crippen LogP contribution is 2.53. The topological polar surface area (TPSA) is 64.9 Å². The number of hydrogen-bond acceptors (Lipinski definition) is 4. The molecule has 2 aliphatic carbocycles. The standard InChI is InChI=1S/C21H21N3O/c1-12-23-20(24-25-12)21(2,14-7-8-14)18-10-9-16-15-6-4-3-5-13(15)11-17(16)19(18)22/h3-6,9-10,14H,7-8,11,22H2,1-2H3/t21-/m1/s1. The lowest BCUT2D eigenvalue weighted by molar-refractivity contribution is 0.366. The maximum Gasteiger partial charge on any atom is 0.223 e. The van der Waals surface area contributed by atoms with Crippen LogP contribution in [0, 0.1) is 12.8 Å². The molecule has 4 heteroatoms. The Morgan fingerprint density at radius 1 is 1.12 bits per heavy atom. The van der Waals surface area contributed by atoms with E-state index >= 15 is 0 Å². The third kappa shape index (κ3) is 2.00. The van der Waals surface area contributed by atoms with Crippen LogP contribution in [0.2, 0.25) is 0 Å². The SMILES string of the molecule is Cc1nc([C@@](C)(c2ccc3c(c2N)Cc2ccccc2-3)C2CC2)no1. The van der Waals surface area contributed by atoms with Crippen molar-refractivity contribution >= 4 is 5.69 Å². The van der Waals surface area contributed by atoms with E-state index in [0.717, 1.165) is 23.5 Å². The minimum atomic E-state index is -0.286. The first-order valence-electron chi connectivity index (χ1n) is 8.90. The summed E-state index contributed by atoms with van der Waals surface area (Å²) in [7, 11) is 0. The van der Waals surface area contributed by atoms with Gasteiger partial charge in [0.2, 0.25) is 5.89 Å². The summed E-state index contributed by atoms with van der Waals surface area (Å²) in [4.78, 5) is 4.56. The fraction of sp³-hybridized carbons (Fsp3) is 0.333. The predicted octanol–water partition coefficient (Wildman–Crippen LogP) is 4.25. The summed E-state index contributed by atoms with van der Waals surface area (Å²) < 4.78 is 5.29. The second-order valence-electron chi connectivity index (χ2n) is 7.50. The number of aromatic nitrogens is 2. The van der Waals surface area contributed by atoms with E-state index in [-0.39, 0.29) is 5.41 Å². The number of nitrogens with two attached hydrogens (primary N) is 1. The van der Waals surface area contributed by atoms with Crippen LogP contribution < -0.4 is 5.73 Å².